The van der Waals surface area contributed by atoms with Gasteiger partial charge >= 0.3 is 114 Å². The van der Waals surface area contributed by atoms with Gasteiger partial charge in [0.05, 0.1) is 0 Å². The second-order valence-electron chi connectivity index (χ2n) is 2.97. The maximum absolute atomic E-state index is 4.30. The molecule has 0 saturated carbocycles. The van der Waals surface area contributed by atoms with E-state index >= 15 is 0 Å². The van der Waals surface area contributed by atoms with E-state index < -0.39 is 0 Å². The molecule has 2 aliphatic rings. The van der Waals surface area contributed by atoms with E-state index in [0.29, 0.717) is 29.9 Å². The third-order valence-electron chi connectivity index (χ3n) is 1.96. The fraction of sp³-hybridized carbons (Fsp3) is 0.250. The molecule has 78 valence electrons. The number of hydrogen-bond acceptors (Lipinski definition) is 5. The predicted molar refractivity (Wildman–Crippen MR) is 68.5 cm³/mol. The molecule has 0 bridgehead atoms. The minimum atomic E-state index is 0.603. The summed E-state index contributed by atoms with van der Waals surface area (Å²) in [6.45, 7) is 4.56. The van der Waals surface area contributed by atoms with Crippen molar-refractivity contribution < 1.29 is 0 Å². The summed E-state index contributed by atoms with van der Waals surface area (Å²) in [5.41, 5.74) is 0. The summed E-state index contributed by atoms with van der Waals surface area (Å²) in [5, 5.41) is 2.25. The van der Waals surface area contributed by atoms with Crippen molar-refractivity contribution >= 4 is 65.2 Å². The van der Waals surface area contributed by atoms with E-state index in [1.807, 2.05) is 23.5 Å². The van der Waals surface area contributed by atoms with Gasteiger partial charge in [-0.3, -0.25) is 0 Å². The zero-order valence-electron chi connectivity index (χ0n) is 7.94. The van der Waals surface area contributed by atoms with Gasteiger partial charge in [0, 0.05) is 0 Å². The molecule has 0 aromatic carbocycles. The van der Waals surface area contributed by atoms with Crippen LogP contribution in [0.25, 0.3) is 0 Å². The van der Waals surface area contributed by atoms with Gasteiger partial charge in [0.2, 0.25) is 0 Å². The summed E-state index contributed by atoms with van der Waals surface area (Å²) in [6, 6.07) is 0. The van der Waals surface area contributed by atoms with Crippen LogP contribution in [-0.4, -0.2) is 38.7 Å². The number of allylic oxidation sites excluding steroid dienone is 2. The number of fused-ring (bicyclic) bond motifs is 1. The molecule has 0 aliphatic carbocycles. The third kappa shape index (κ3) is 2.00. The van der Waals surface area contributed by atoms with E-state index in [4.69, 9.17) is 0 Å². The number of thioether (sulfide) groups is 2. The molecule has 7 heteroatoms. The first-order valence-electron chi connectivity index (χ1n) is 4.20. The Kier molecular flexibility index (Phi) is 3.07. The maximum atomic E-state index is 4.30. The van der Waals surface area contributed by atoms with E-state index in [0.717, 1.165) is 10.1 Å². The van der Waals surface area contributed by atoms with Crippen molar-refractivity contribution in [1.82, 2.24) is 8.75 Å². The van der Waals surface area contributed by atoms with Gasteiger partial charge in [-0.25, -0.2) is 0 Å². The standard InChI is InChI=1S/C8H6N2S3Se2/c1-3-4(2)15-8(14-3)7-11-5-6(12-7)10-13-9-5/h1-2H3. The van der Waals surface area contributed by atoms with E-state index in [1.165, 1.54) is 16.0 Å². The number of aromatic nitrogens is 2. The Morgan fingerprint density at radius 3 is 2.00 bits per heavy atom. The van der Waals surface area contributed by atoms with Crippen LogP contribution in [0, 0.1) is 0 Å². The molecule has 3 heterocycles. The molecule has 0 unspecified atom stereocenters. The second kappa shape index (κ2) is 4.22. The molecule has 3 rings (SSSR count). The molecule has 0 spiro atoms. The van der Waals surface area contributed by atoms with Crippen LogP contribution < -0.4 is 0 Å². The SMILES string of the molecule is CC1=C(C)[Se]C(=C2Sc3nsnc3S2)[Se]1. The Hall–Kier alpha value is 0.779. The van der Waals surface area contributed by atoms with Crippen molar-refractivity contribution in [2.24, 2.45) is 0 Å². The number of rotatable bonds is 0. The molecule has 15 heavy (non-hydrogen) atoms. The first-order chi connectivity index (χ1) is 7.24. The van der Waals surface area contributed by atoms with Crippen LogP contribution in [0.4, 0.5) is 0 Å². The van der Waals surface area contributed by atoms with E-state index in [1.54, 1.807) is 12.3 Å². The van der Waals surface area contributed by atoms with Gasteiger partial charge in [-0.05, 0) is 0 Å². The van der Waals surface area contributed by atoms with Gasteiger partial charge < -0.3 is 0 Å². The number of nitrogens with zero attached hydrogens (tertiary/aromatic N) is 2. The first-order valence-corrected chi connectivity index (χ1v) is 9.98. The van der Waals surface area contributed by atoms with Crippen molar-refractivity contribution in [3.05, 3.63) is 16.6 Å². The second-order valence-corrected chi connectivity index (χ2v) is 12.2. The van der Waals surface area contributed by atoms with E-state index in [2.05, 4.69) is 22.6 Å². The van der Waals surface area contributed by atoms with Crippen LogP contribution in [0.3, 0.4) is 0 Å². The molecule has 0 radical (unpaired) electrons. The summed E-state index contributed by atoms with van der Waals surface area (Å²) in [5.74, 6) is 0. The molecule has 2 nitrogen and oxygen atoms in total. The summed E-state index contributed by atoms with van der Waals surface area (Å²) >= 11 is 6.19. The minimum absolute atomic E-state index is 0.603. The Morgan fingerprint density at radius 1 is 0.933 bits per heavy atom. The summed E-state index contributed by atoms with van der Waals surface area (Å²) in [4.78, 5) is 0. The van der Waals surface area contributed by atoms with Gasteiger partial charge in [-0.15, -0.1) is 0 Å². The summed E-state index contributed by atoms with van der Waals surface area (Å²) in [6.07, 6.45) is 0. The molecular formula is C8H6N2S3Se2. The van der Waals surface area contributed by atoms with E-state index in [-0.39, 0.29) is 0 Å². The quantitative estimate of drug-likeness (QED) is 0.643. The Labute approximate surface area is 113 Å². The molecule has 1 aromatic heterocycles. The molecule has 0 amide bonds. The van der Waals surface area contributed by atoms with Crippen LogP contribution >= 0.6 is 35.3 Å². The molecule has 0 saturated heterocycles. The monoisotopic (exact) mass is 386 g/mol. The van der Waals surface area contributed by atoms with Gasteiger partial charge in [-0.1, -0.05) is 0 Å². The molecule has 0 atom stereocenters. The Bertz CT molecular complexity index is 453. The van der Waals surface area contributed by atoms with Crippen LogP contribution in [0.5, 0.6) is 0 Å². The number of hydrogen-bond donors (Lipinski definition) is 0. The molecule has 0 fully saturated rings. The van der Waals surface area contributed by atoms with Crippen LogP contribution in [0.2, 0.25) is 0 Å². The average molecular weight is 384 g/mol. The first kappa shape index (κ1) is 10.9. The van der Waals surface area contributed by atoms with Crippen molar-refractivity contribution in [2.75, 3.05) is 0 Å². The Morgan fingerprint density at radius 2 is 1.47 bits per heavy atom. The Balaban J connectivity index is 1.88. The fourth-order valence-corrected chi connectivity index (χ4v) is 12.0. The van der Waals surface area contributed by atoms with Crippen LogP contribution in [0.15, 0.2) is 26.6 Å². The van der Waals surface area contributed by atoms with Crippen molar-refractivity contribution in [2.45, 2.75) is 23.9 Å². The normalized spacial score (nSPS) is 20.4. The van der Waals surface area contributed by atoms with Crippen molar-refractivity contribution in [3.8, 4) is 0 Å². The van der Waals surface area contributed by atoms with Crippen LogP contribution in [0.1, 0.15) is 13.8 Å². The molecular weight excluding hydrogens is 378 g/mol. The summed E-state index contributed by atoms with van der Waals surface area (Å²) < 4.78 is 15.0. The van der Waals surface area contributed by atoms with Crippen molar-refractivity contribution in [1.29, 1.82) is 0 Å². The van der Waals surface area contributed by atoms with Gasteiger partial charge in [0.15, 0.2) is 0 Å². The predicted octanol–water partition coefficient (Wildman–Crippen LogP) is 2.54. The molecule has 0 N–H and O–H groups in total. The van der Waals surface area contributed by atoms with Gasteiger partial charge in [-0.2, -0.15) is 0 Å². The zero-order chi connectivity index (χ0) is 10.4. The average Bonchev–Trinajstić information content (AvgIpc) is 2.80. The zero-order valence-corrected chi connectivity index (χ0v) is 13.8. The van der Waals surface area contributed by atoms with Crippen LogP contribution in [-0.2, 0) is 0 Å². The fourth-order valence-electron chi connectivity index (χ4n) is 1.10. The molecule has 1 aromatic rings. The van der Waals surface area contributed by atoms with Crippen molar-refractivity contribution in [3.63, 3.8) is 0 Å². The van der Waals surface area contributed by atoms with E-state index in [9.17, 15) is 0 Å². The molecule has 2 aliphatic heterocycles. The summed E-state index contributed by atoms with van der Waals surface area (Å²) in [7, 11) is 0. The van der Waals surface area contributed by atoms with Gasteiger partial charge in [0.1, 0.15) is 0 Å². The topological polar surface area (TPSA) is 25.8 Å². The van der Waals surface area contributed by atoms with Gasteiger partial charge in [0.25, 0.3) is 0 Å². The third-order valence-corrected chi connectivity index (χ3v) is 12.9.